The van der Waals surface area contributed by atoms with E-state index < -0.39 is 5.60 Å². The summed E-state index contributed by atoms with van der Waals surface area (Å²) in [6, 6.07) is 0. The SMILES string of the molecule is Cn1cc(N2CC3(COCCN(CCO)C3)OCC2=O)cn1. The van der Waals surface area contributed by atoms with Gasteiger partial charge in [0.05, 0.1) is 38.2 Å². The maximum atomic E-state index is 12.2. The Bertz CT molecular complexity index is 535. The van der Waals surface area contributed by atoms with Crippen molar-refractivity contribution in [1.82, 2.24) is 14.7 Å². The number of aliphatic hydroxyl groups is 1. The minimum Gasteiger partial charge on any atom is -0.395 e. The van der Waals surface area contributed by atoms with E-state index in [1.807, 2.05) is 13.2 Å². The highest BCUT2D eigenvalue weighted by Gasteiger charge is 2.43. The molecular weight excluding hydrogens is 288 g/mol. The molecule has 0 bridgehead atoms. The monoisotopic (exact) mass is 310 g/mol. The van der Waals surface area contributed by atoms with Gasteiger partial charge < -0.3 is 19.5 Å². The number of morpholine rings is 1. The molecule has 2 aliphatic rings. The smallest absolute Gasteiger partial charge is 0.253 e. The summed E-state index contributed by atoms with van der Waals surface area (Å²) in [5.41, 5.74) is 0.211. The number of aryl methyl sites for hydroxylation is 1. The van der Waals surface area contributed by atoms with Gasteiger partial charge in [-0.1, -0.05) is 0 Å². The van der Waals surface area contributed by atoms with E-state index in [0.29, 0.717) is 32.8 Å². The van der Waals surface area contributed by atoms with Gasteiger partial charge in [0, 0.05) is 32.9 Å². The van der Waals surface area contributed by atoms with Gasteiger partial charge in [-0.05, 0) is 0 Å². The Morgan fingerprint density at radius 1 is 1.45 bits per heavy atom. The van der Waals surface area contributed by atoms with Crippen LogP contribution in [0.15, 0.2) is 12.4 Å². The molecule has 3 heterocycles. The fraction of sp³-hybridized carbons (Fsp3) is 0.714. The molecule has 0 saturated carbocycles. The van der Waals surface area contributed by atoms with Gasteiger partial charge in [0.1, 0.15) is 12.2 Å². The van der Waals surface area contributed by atoms with Crippen molar-refractivity contribution in [1.29, 1.82) is 0 Å². The lowest BCUT2D eigenvalue weighted by Crippen LogP contribution is -2.61. The second kappa shape index (κ2) is 6.33. The summed E-state index contributed by atoms with van der Waals surface area (Å²) in [6.07, 6.45) is 3.50. The molecule has 1 aromatic heterocycles. The number of rotatable bonds is 3. The molecule has 0 aromatic carbocycles. The molecule has 1 unspecified atom stereocenters. The summed E-state index contributed by atoms with van der Waals surface area (Å²) in [7, 11) is 1.82. The normalized spacial score (nSPS) is 27.4. The molecule has 1 aromatic rings. The molecule has 0 radical (unpaired) electrons. The maximum absolute atomic E-state index is 12.2. The first-order chi connectivity index (χ1) is 10.6. The third-order valence-electron chi connectivity index (χ3n) is 4.10. The number of aliphatic hydroxyl groups excluding tert-OH is 1. The number of β-amino-alcohol motifs (C(OH)–C–C–N with tert-alkyl or cyclic N) is 1. The van der Waals surface area contributed by atoms with E-state index in [4.69, 9.17) is 9.47 Å². The second-order valence-corrected chi connectivity index (χ2v) is 5.88. The van der Waals surface area contributed by atoms with Crippen molar-refractivity contribution in [2.45, 2.75) is 5.60 Å². The van der Waals surface area contributed by atoms with Gasteiger partial charge in [-0.3, -0.25) is 14.4 Å². The standard InChI is InChI=1S/C14H22N4O4/c1-16-7-12(6-15-16)18-10-14(22-8-13(18)20)9-17(2-4-19)3-5-21-11-14/h6-7,19H,2-5,8-11H2,1H3. The van der Waals surface area contributed by atoms with Gasteiger partial charge >= 0.3 is 0 Å². The van der Waals surface area contributed by atoms with Crippen molar-refractivity contribution in [3.63, 3.8) is 0 Å². The molecule has 122 valence electrons. The van der Waals surface area contributed by atoms with Crippen LogP contribution in [0, 0.1) is 0 Å². The van der Waals surface area contributed by atoms with Crippen molar-refractivity contribution in [3.8, 4) is 0 Å². The Morgan fingerprint density at radius 2 is 2.32 bits per heavy atom. The molecule has 1 N–H and O–H groups in total. The third-order valence-corrected chi connectivity index (χ3v) is 4.10. The first-order valence-electron chi connectivity index (χ1n) is 7.46. The van der Waals surface area contributed by atoms with Crippen LogP contribution in [0.25, 0.3) is 0 Å². The second-order valence-electron chi connectivity index (χ2n) is 5.88. The zero-order valence-corrected chi connectivity index (χ0v) is 12.8. The van der Waals surface area contributed by atoms with Crippen LogP contribution in [-0.2, 0) is 21.3 Å². The predicted octanol–water partition coefficient (Wildman–Crippen LogP) is -1.15. The number of hydrogen-bond acceptors (Lipinski definition) is 6. The van der Waals surface area contributed by atoms with Crippen molar-refractivity contribution in [2.75, 3.05) is 57.5 Å². The van der Waals surface area contributed by atoms with E-state index in [9.17, 15) is 9.90 Å². The first-order valence-corrected chi connectivity index (χ1v) is 7.46. The van der Waals surface area contributed by atoms with Crippen LogP contribution in [-0.4, -0.2) is 83.9 Å². The molecule has 22 heavy (non-hydrogen) atoms. The lowest BCUT2D eigenvalue weighted by Gasteiger charge is -2.42. The van der Waals surface area contributed by atoms with Gasteiger partial charge in [0.2, 0.25) is 0 Å². The summed E-state index contributed by atoms with van der Waals surface area (Å²) >= 11 is 0. The minimum absolute atomic E-state index is 0.0330. The summed E-state index contributed by atoms with van der Waals surface area (Å²) in [5.74, 6) is -0.0726. The molecule has 2 fully saturated rings. The van der Waals surface area contributed by atoms with Gasteiger partial charge in [0.25, 0.3) is 5.91 Å². The largest absolute Gasteiger partial charge is 0.395 e. The number of carbonyl (C=O) groups excluding carboxylic acids is 1. The Hall–Kier alpha value is -1.48. The number of aromatic nitrogens is 2. The summed E-state index contributed by atoms with van der Waals surface area (Å²) in [5, 5.41) is 13.3. The average molecular weight is 310 g/mol. The first kappa shape index (κ1) is 15.4. The van der Waals surface area contributed by atoms with Crippen molar-refractivity contribution < 1.29 is 19.4 Å². The van der Waals surface area contributed by atoms with Crippen molar-refractivity contribution in [2.24, 2.45) is 7.05 Å². The van der Waals surface area contributed by atoms with Crippen molar-refractivity contribution in [3.05, 3.63) is 12.4 Å². The van der Waals surface area contributed by atoms with Crippen molar-refractivity contribution >= 4 is 11.6 Å². The molecule has 1 atom stereocenters. The zero-order valence-electron chi connectivity index (χ0n) is 12.8. The molecule has 8 heteroatoms. The van der Waals surface area contributed by atoms with Crippen LogP contribution >= 0.6 is 0 Å². The van der Waals surface area contributed by atoms with E-state index in [2.05, 4.69) is 10.00 Å². The van der Waals surface area contributed by atoms with E-state index >= 15 is 0 Å². The quantitative estimate of drug-likeness (QED) is 0.759. The molecule has 2 aliphatic heterocycles. The highest BCUT2D eigenvalue weighted by Crippen LogP contribution is 2.26. The highest BCUT2D eigenvalue weighted by atomic mass is 16.6. The predicted molar refractivity (Wildman–Crippen MR) is 78.6 cm³/mol. The number of hydrogen-bond donors (Lipinski definition) is 1. The topological polar surface area (TPSA) is 80.1 Å². The van der Waals surface area contributed by atoms with Gasteiger partial charge in [-0.15, -0.1) is 0 Å². The summed E-state index contributed by atoms with van der Waals surface area (Å²) < 4.78 is 13.2. The number of ether oxygens (including phenoxy) is 2. The van der Waals surface area contributed by atoms with Crippen LogP contribution in [0.4, 0.5) is 5.69 Å². The lowest BCUT2D eigenvalue weighted by atomic mass is 10.0. The molecule has 8 nitrogen and oxygen atoms in total. The highest BCUT2D eigenvalue weighted by molar-refractivity contribution is 5.94. The van der Waals surface area contributed by atoms with Crippen LogP contribution in [0.1, 0.15) is 0 Å². The number of anilines is 1. The minimum atomic E-state index is -0.560. The lowest BCUT2D eigenvalue weighted by molar-refractivity contribution is -0.146. The average Bonchev–Trinajstić information content (AvgIpc) is 2.83. The number of carbonyl (C=O) groups is 1. The van der Waals surface area contributed by atoms with Gasteiger partial charge in [0.15, 0.2) is 0 Å². The fourth-order valence-electron chi connectivity index (χ4n) is 3.00. The van der Waals surface area contributed by atoms with Gasteiger partial charge in [-0.25, -0.2) is 0 Å². The number of amides is 1. The Labute approximate surface area is 129 Å². The molecule has 1 spiro atoms. The van der Waals surface area contributed by atoms with Gasteiger partial charge in [-0.2, -0.15) is 5.10 Å². The summed E-state index contributed by atoms with van der Waals surface area (Å²) in [4.78, 5) is 16.0. The van der Waals surface area contributed by atoms with Crippen LogP contribution in [0.5, 0.6) is 0 Å². The molecule has 1 amide bonds. The molecular formula is C14H22N4O4. The third kappa shape index (κ3) is 3.14. The number of nitrogens with zero attached hydrogens (tertiary/aromatic N) is 4. The zero-order chi connectivity index (χ0) is 15.6. The van der Waals surface area contributed by atoms with Crippen LogP contribution in [0.3, 0.4) is 0 Å². The maximum Gasteiger partial charge on any atom is 0.253 e. The van der Waals surface area contributed by atoms with E-state index in [0.717, 1.165) is 12.2 Å². The molecule has 3 rings (SSSR count). The molecule has 0 aliphatic carbocycles. The van der Waals surface area contributed by atoms with E-state index in [-0.39, 0.29) is 19.1 Å². The fourth-order valence-corrected chi connectivity index (χ4v) is 3.00. The summed E-state index contributed by atoms with van der Waals surface area (Å²) in [6.45, 7) is 3.58. The van der Waals surface area contributed by atoms with E-state index in [1.165, 1.54) is 0 Å². The Balaban J connectivity index is 1.79. The Morgan fingerprint density at radius 3 is 3.05 bits per heavy atom. The van der Waals surface area contributed by atoms with Crippen LogP contribution in [0.2, 0.25) is 0 Å². The van der Waals surface area contributed by atoms with Crippen LogP contribution < -0.4 is 4.90 Å². The molecule has 2 saturated heterocycles. The Kier molecular flexibility index (Phi) is 4.44. The van der Waals surface area contributed by atoms with E-state index in [1.54, 1.807) is 15.8 Å².